The van der Waals surface area contributed by atoms with Crippen molar-refractivity contribution in [2.75, 3.05) is 24.5 Å². The first-order valence-corrected chi connectivity index (χ1v) is 15.6. The highest BCUT2D eigenvalue weighted by atomic mass is 19.4. The van der Waals surface area contributed by atoms with E-state index in [1.165, 1.54) is 11.1 Å². The monoisotopic (exact) mass is 663 g/mol. The molecule has 2 fully saturated rings. The van der Waals surface area contributed by atoms with Gasteiger partial charge in [-0.2, -0.15) is 18.4 Å². The minimum atomic E-state index is -4.65. The average molecular weight is 664 g/mol. The Bertz CT molecular complexity index is 1730. The zero-order valence-corrected chi connectivity index (χ0v) is 25.9. The van der Waals surface area contributed by atoms with Crippen molar-refractivity contribution >= 4 is 35.2 Å². The van der Waals surface area contributed by atoms with Crippen LogP contribution in [0.15, 0.2) is 60.3 Å². The van der Waals surface area contributed by atoms with Gasteiger partial charge in [-0.25, -0.2) is 5.01 Å². The van der Waals surface area contributed by atoms with E-state index in [1.807, 2.05) is 4.90 Å². The molecule has 15 heteroatoms. The van der Waals surface area contributed by atoms with Gasteiger partial charge in [0.2, 0.25) is 17.7 Å². The molecule has 0 aliphatic carbocycles. The van der Waals surface area contributed by atoms with Crippen LogP contribution in [-0.4, -0.2) is 82.3 Å². The number of carbonyl (C=O) groups is 5. The summed E-state index contributed by atoms with van der Waals surface area (Å²) in [7, 11) is 0. The van der Waals surface area contributed by atoms with Crippen molar-refractivity contribution in [2.45, 2.75) is 56.9 Å². The number of hydrogen-bond acceptors (Lipinski definition) is 9. The van der Waals surface area contributed by atoms with Crippen molar-refractivity contribution in [2.24, 2.45) is 5.92 Å². The summed E-state index contributed by atoms with van der Waals surface area (Å²) in [4.78, 5) is 65.8. The van der Waals surface area contributed by atoms with E-state index in [1.54, 1.807) is 60.6 Å². The van der Waals surface area contributed by atoms with E-state index in [9.17, 15) is 37.1 Å². The molecule has 3 unspecified atom stereocenters. The van der Waals surface area contributed by atoms with Gasteiger partial charge in [0.1, 0.15) is 6.04 Å². The molecule has 2 aromatic rings. The van der Waals surface area contributed by atoms with Gasteiger partial charge in [-0.3, -0.25) is 39.5 Å². The highest BCUT2D eigenvalue weighted by Gasteiger charge is 2.50. The second-order valence-corrected chi connectivity index (χ2v) is 12.3. The molecule has 3 atom stereocenters. The molecule has 48 heavy (non-hydrogen) atoms. The van der Waals surface area contributed by atoms with Crippen LogP contribution in [0.3, 0.4) is 0 Å². The first kappa shape index (κ1) is 32.7. The maximum absolute atomic E-state index is 14.5. The van der Waals surface area contributed by atoms with Gasteiger partial charge in [-0.15, -0.1) is 0 Å². The van der Waals surface area contributed by atoms with Crippen LogP contribution in [0.2, 0.25) is 0 Å². The molecule has 5 amide bonds. The number of alkyl halides is 3. The molecule has 0 saturated carbocycles. The Kier molecular flexibility index (Phi) is 8.69. The number of rotatable bonds is 7. The van der Waals surface area contributed by atoms with Crippen LogP contribution in [0.5, 0.6) is 0 Å². The molecule has 2 aromatic carbocycles. The molecule has 0 bridgehead atoms. The van der Waals surface area contributed by atoms with E-state index < -0.39 is 59.3 Å². The SMILES string of the molecule is CC(CN1C=C(C(F)(F)F)C(c2ccccc2)N1C1CCN(c2ccc3c(c2)C(=O)N(C2CCC(=O)NC2=O)C3=O)CC1)C(=O)NC#N. The number of nitrogens with one attached hydrogen (secondary N) is 2. The molecule has 4 heterocycles. The average Bonchev–Trinajstić information content (AvgIpc) is 3.56. The molecule has 0 radical (unpaired) electrons. The summed E-state index contributed by atoms with van der Waals surface area (Å²) in [6, 6.07) is 10.6. The summed E-state index contributed by atoms with van der Waals surface area (Å²) in [5.74, 6) is -3.79. The minimum absolute atomic E-state index is 0.00947. The predicted molar refractivity (Wildman–Crippen MR) is 163 cm³/mol. The summed E-state index contributed by atoms with van der Waals surface area (Å²) >= 11 is 0. The highest BCUT2D eigenvalue weighted by Crippen LogP contribution is 2.47. The lowest BCUT2D eigenvalue weighted by atomic mass is 9.95. The van der Waals surface area contributed by atoms with Crippen LogP contribution in [0.25, 0.3) is 0 Å². The maximum atomic E-state index is 14.5. The fraction of sp³-hybridized carbons (Fsp3) is 0.394. The smallest absolute Gasteiger partial charge is 0.371 e. The van der Waals surface area contributed by atoms with Crippen molar-refractivity contribution in [3.05, 3.63) is 77.0 Å². The van der Waals surface area contributed by atoms with Gasteiger partial charge in [0.25, 0.3) is 11.8 Å². The van der Waals surface area contributed by atoms with Crippen LogP contribution in [0.4, 0.5) is 18.9 Å². The quantitative estimate of drug-likeness (QED) is 0.259. The zero-order chi connectivity index (χ0) is 34.3. The number of nitrogens with zero attached hydrogens (tertiary/aromatic N) is 5. The molecule has 2 N–H and O–H groups in total. The van der Waals surface area contributed by atoms with Gasteiger partial charge < -0.3 is 9.91 Å². The minimum Gasteiger partial charge on any atom is -0.371 e. The van der Waals surface area contributed by atoms with Crippen LogP contribution in [0.1, 0.15) is 64.9 Å². The van der Waals surface area contributed by atoms with E-state index in [0.717, 1.165) is 11.1 Å². The highest BCUT2D eigenvalue weighted by molar-refractivity contribution is 6.23. The van der Waals surface area contributed by atoms with Gasteiger partial charge in [0.15, 0.2) is 6.19 Å². The molecular formula is C33H32F3N7O5. The number of benzene rings is 2. The third-order valence-electron chi connectivity index (χ3n) is 9.30. The zero-order valence-electron chi connectivity index (χ0n) is 25.9. The number of hydrazine groups is 1. The number of imide groups is 2. The molecule has 2 saturated heterocycles. The number of halogens is 3. The summed E-state index contributed by atoms with van der Waals surface area (Å²) in [5, 5.41) is 16.3. The van der Waals surface area contributed by atoms with Crippen molar-refractivity contribution in [1.29, 1.82) is 5.26 Å². The summed E-state index contributed by atoms with van der Waals surface area (Å²) in [6.45, 7) is 2.30. The van der Waals surface area contributed by atoms with Gasteiger partial charge in [-0.1, -0.05) is 37.3 Å². The van der Waals surface area contributed by atoms with Gasteiger partial charge in [-0.05, 0) is 43.0 Å². The van der Waals surface area contributed by atoms with Crippen LogP contribution in [-0.2, 0) is 14.4 Å². The molecule has 12 nitrogen and oxygen atoms in total. The fourth-order valence-electron chi connectivity index (χ4n) is 6.94. The lowest BCUT2D eigenvalue weighted by Crippen LogP contribution is -2.54. The Balaban J connectivity index is 1.23. The number of piperidine rings is 2. The number of nitriles is 1. The van der Waals surface area contributed by atoms with Crippen molar-refractivity contribution in [3.8, 4) is 6.19 Å². The second kappa shape index (κ2) is 12.8. The third-order valence-corrected chi connectivity index (χ3v) is 9.30. The number of carbonyl (C=O) groups excluding carboxylic acids is 5. The van der Waals surface area contributed by atoms with Gasteiger partial charge >= 0.3 is 6.18 Å². The van der Waals surface area contributed by atoms with E-state index in [0.29, 0.717) is 37.2 Å². The fourth-order valence-corrected chi connectivity index (χ4v) is 6.94. The molecule has 0 spiro atoms. The second-order valence-electron chi connectivity index (χ2n) is 12.3. The summed E-state index contributed by atoms with van der Waals surface area (Å²) in [6.07, 6.45) is -1.10. The Morgan fingerprint density at radius 1 is 1.02 bits per heavy atom. The van der Waals surface area contributed by atoms with E-state index in [-0.39, 0.29) is 36.6 Å². The Morgan fingerprint density at radius 2 is 1.71 bits per heavy atom. The first-order valence-electron chi connectivity index (χ1n) is 15.6. The number of amides is 5. The Hall–Kier alpha value is -5.23. The standard InChI is InChI=1S/C33H32F3N7O5/c1-19(29(45)38-18-37)16-41-17-25(33(34,35)36)28(20-5-3-2-4-6-20)43(41)21-11-13-40(14-12-21)22-7-8-23-24(15-22)32(48)42(31(23)47)26-9-10-27(44)39-30(26)46/h2-8,15,17,19,21,26,28H,9-14,16H2,1H3,(H,38,45)(H,39,44,46). The van der Waals surface area contributed by atoms with E-state index >= 15 is 0 Å². The van der Waals surface area contributed by atoms with E-state index in [4.69, 9.17) is 5.26 Å². The maximum Gasteiger partial charge on any atom is 0.416 e. The molecule has 4 aliphatic rings. The van der Waals surface area contributed by atoms with Gasteiger partial charge in [0.05, 0.1) is 28.7 Å². The molecule has 4 aliphatic heterocycles. The van der Waals surface area contributed by atoms with Crippen molar-refractivity contribution in [3.63, 3.8) is 0 Å². The largest absolute Gasteiger partial charge is 0.416 e. The van der Waals surface area contributed by atoms with Crippen molar-refractivity contribution < 1.29 is 37.1 Å². The van der Waals surface area contributed by atoms with Crippen LogP contribution < -0.4 is 15.5 Å². The summed E-state index contributed by atoms with van der Waals surface area (Å²) < 4.78 is 43.6. The first-order chi connectivity index (χ1) is 22.9. The number of anilines is 1. The van der Waals surface area contributed by atoms with E-state index in [2.05, 4.69) is 10.6 Å². The predicted octanol–water partition coefficient (Wildman–Crippen LogP) is 3.01. The van der Waals surface area contributed by atoms with Crippen LogP contribution in [0, 0.1) is 17.4 Å². The molecular weight excluding hydrogens is 631 g/mol. The Morgan fingerprint density at radius 3 is 2.35 bits per heavy atom. The number of fused-ring (bicyclic) bond motifs is 1. The summed E-state index contributed by atoms with van der Waals surface area (Å²) in [5.41, 5.74) is 0.631. The topological polar surface area (TPSA) is 146 Å². The molecule has 0 aromatic heterocycles. The lowest BCUT2D eigenvalue weighted by molar-refractivity contribution is -0.136. The normalized spacial score (nSPS) is 22.7. The Labute approximate surface area is 273 Å². The van der Waals surface area contributed by atoms with Crippen molar-refractivity contribution in [1.82, 2.24) is 25.6 Å². The molecule has 6 rings (SSSR count). The third kappa shape index (κ3) is 5.99. The van der Waals surface area contributed by atoms with Gasteiger partial charge in [0, 0.05) is 44.0 Å². The molecule has 250 valence electrons. The van der Waals surface area contributed by atoms with Crippen LogP contribution >= 0.6 is 0 Å². The number of hydrogen-bond donors (Lipinski definition) is 2. The lowest BCUT2D eigenvalue weighted by Gasteiger charge is -2.45.